The van der Waals surface area contributed by atoms with Gasteiger partial charge in [-0.3, -0.25) is 4.99 Å². The highest BCUT2D eigenvalue weighted by Crippen LogP contribution is 2.52. The number of aliphatic imine (C=N–C) groups is 1. The van der Waals surface area contributed by atoms with Crippen molar-refractivity contribution >= 4 is 23.2 Å². The Bertz CT molecular complexity index is 2670. The molecule has 5 aromatic rings. The first-order valence-corrected chi connectivity index (χ1v) is 20.4. The van der Waals surface area contributed by atoms with E-state index in [-0.39, 0.29) is 23.2 Å². The molecule has 282 valence electrons. The van der Waals surface area contributed by atoms with Gasteiger partial charge in [-0.15, -0.1) is 0 Å². The van der Waals surface area contributed by atoms with Crippen molar-refractivity contribution in [2.75, 3.05) is 11.4 Å². The van der Waals surface area contributed by atoms with Crippen LogP contribution in [0.5, 0.6) is 0 Å². The normalized spacial score (nSPS) is 24.2. The van der Waals surface area contributed by atoms with E-state index in [0.717, 1.165) is 29.9 Å². The van der Waals surface area contributed by atoms with Crippen molar-refractivity contribution in [3.05, 3.63) is 216 Å². The second-order valence-corrected chi connectivity index (χ2v) is 16.2. The summed E-state index contributed by atoms with van der Waals surface area (Å²) in [4.78, 5) is 22.7. The highest BCUT2D eigenvalue weighted by molar-refractivity contribution is 5.83. The minimum Gasteiger partial charge on any atom is -0.313 e. The molecule has 0 fully saturated rings. The SMILES string of the molecule is CC1(C)/C=C/C=C\C=C\C2C1=CC=CC2c1nc(-c2ccc(C3=CC=C4C(C3)c3ccccc3N4c3ccccc3)cc2)nc(-c2cccc(C3C=CC=NC3)c2)n1. The van der Waals surface area contributed by atoms with Crippen LogP contribution in [-0.2, 0) is 0 Å². The fourth-order valence-corrected chi connectivity index (χ4v) is 9.16. The van der Waals surface area contributed by atoms with E-state index in [1.54, 1.807) is 0 Å². The number of aromatic nitrogens is 3. The van der Waals surface area contributed by atoms with Crippen LogP contribution in [0.3, 0.4) is 0 Å². The number of rotatable bonds is 6. The van der Waals surface area contributed by atoms with Gasteiger partial charge >= 0.3 is 0 Å². The monoisotopic (exact) mass is 751 g/mol. The van der Waals surface area contributed by atoms with Gasteiger partial charge in [0.25, 0.3) is 0 Å². The molecule has 0 saturated carbocycles. The molecule has 4 unspecified atom stereocenters. The van der Waals surface area contributed by atoms with E-state index in [1.807, 2.05) is 12.3 Å². The van der Waals surface area contributed by atoms with Crippen LogP contribution in [0.4, 0.5) is 11.4 Å². The minimum atomic E-state index is -0.143. The maximum Gasteiger partial charge on any atom is 0.163 e. The van der Waals surface area contributed by atoms with Gasteiger partial charge < -0.3 is 4.90 Å². The lowest BCUT2D eigenvalue weighted by molar-refractivity contribution is 0.476. The second-order valence-electron chi connectivity index (χ2n) is 16.2. The van der Waals surface area contributed by atoms with Crippen LogP contribution < -0.4 is 4.90 Å². The molecule has 0 spiro atoms. The summed E-state index contributed by atoms with van der Waals surface area (Å²) in [5, 5.41) is 0. The van der Waals surface area contributed by atoms with Gasteiger partial charge in [0.2, 0.25) is 0 Å². The van der Waals surface area contributed by atoms with Crippen molar-refractivity contribution < 1.29 is 0 Å². The molecule has 5 heteroatoms. The molecule has 58 heavy (non-hydrogen) atoms. The van der Waals surface area contributed by atoms with E-state index in [1.165, 1.54) is 44.9 Å². The lowest BCUT2D eigenvalue weighted by Gasteiger charge is -2.35. The lowest BCUT2D eigenvalue weighted by Crippen LogP contribution is -2.25. The Hall–Kier alpha value is -6.72. The largest absolute Gasteiger partial charge is 0.313 e. The molecule has 5 nitrogen and oxygen atoms in total. The van der Waals surface area contributed by atoms with E-state index < -0.39 is 0 Å². The van der Waals surface area contributed by atoms with Crippen LogP contribution in [0.2, 0.25) is 0 Å². The predicted octanol–water partition coefficient (Wildman–Crippen LogP) is 12.4. The van der Waals surface area contributed by atoms with Gasteiger partial charge in [-0.05, 0) is 65.1 Å². The Balaban J connectivity index is 1.02. The fourth-order valence-electron chi connectivity index (χ4n) is 9.16. The van der Waals surface area contributed by atoms with Crippen molar-refractivity contribution in [2.45, 2.75) is 38.0 Å². The number of benzene rings is 4. The van der Waals surface area contributed by atoms with Gasteiger partial charge in [0.1, 0.15) is 5.82 Å². The Morgan fingerprint density at radius 3 is 2.24 bits per heavy atom. The number of allylic oxidation sites excluding steroid dienone is 15. The number of para-hydroxylation sites is 2. The van der Waals surface area contributed by atoms with Crippen molar-refractivity contribution in [2.24, 2.45) is 16.3 Å². The quantitative estimate of drug-likeness (QED) is 0.173. The molecule has 0 amide bonds. The van der Waals surface area contributed by atoms with E-state index in [2.05, 4.69) is 200 Å². The molecule has 10 rings (SSSR count). The smallest absolute Gasteiger partial charge is 0.163 e. The standard InChI is InChI=1S/C53H45N5/c1-53(2)31-11-4-3-8-20-43-45(22-13-23-47(43)53)52-56-50(55-51(57-52)40-16-12-15-38(33-40)41-17-14-32-54-35-41)37-27-25-36(26-28-37)39-29-30-49-46(34-39)44-21-9-10-24-48(44)58(49)42-18-6-5-7-19-42/h3-33,41,43,45-46H,34-35H2,1-2H3/b4-3-,20-8+,31-11+. The summed E-state index contributed by atoms with van der Waals surface area (Å²) >= 11 is 0. The third-order valence-corrected chi connectivity index (χ3v) is 12.2. The highest BCUT2D eigenvalue weighted by atomic mass is 15.2. The maximum absolute atomic E-state index is 5.30. The van der Waals surface area contributed by atoms with E-state index >= 15 is 0 Å². The van der Waals surface area contributed by atoms with Crippen molar-refractivity contribution in [1.29, 1.82) is 0 Å². The predicted molar refractivity (Wildman–Crippen MR) is 239 cm³/mol. The molecule has 3 aliphatic carbocycles. The van der Waals surface area contributed by atoms with Crippen LogP contribution in [0.15, 0.2) is 198 Å². The molecule has 1 aromatic heterocycles. The van der Waals surface area contributed by atoms with E-state index in [4.69, 9.17) is 15.0 Å². The Morgan fingerprint density at radius 2 is 1.40 bits per heavy atom. The number of fused-ring (bicyclic) bond motifs is 4. The van der Waals surface area contributed by atoms with Gasteiger partial charge in [0, 0.05) is 70.0 Å². The molecule has 0 saturated heterocycles. The summed E-state index contributed by atoms with van der Waals surface area (Å²) in [7, 11) is 0. The lowest BCUT2D eigenvalue weighted by atomic mass is 9.70. The summed E-state index contributed by atoms with van der Waals surface area (Å²) in [5.74, 6) is 2.67. The first kappa shape index (κ1) is 35.7. The fraction of sp³-hybridized carbons (Fsp3) is 0.170. The van der Waals surface area contributed by atoms with Crippen molar-refractivity contribution in [1.82, 2.24) is 15.0 Å². The molecular formula is C53H45N5. The van der Waals surface area contributed by atoms with Gasteiger partial charge in [0.05, 0.1) is 0 Å². The van der Waals surface area contributed by atoms with Crippen LogP contribution in [0, 0.1) is 11.3 Å². The topological polar surface area (TPSA) is 54.3 Å². The van der Waals surface area contributed by atoms with E-state index in [0.29, 0.717) is 17.6 Å². The molecule has 3 heterocycles. The molecule has 0 N–H and O–H groups in total. The van der Waals surface area contributed by atoms with Crippen molar-refractivity contribution in [3.8, 4) is 22.8 Å². The highest BCUT2D eigenvalue weighted by Gasteiger charge is 2.37. The van der Waals surface area contributed by atoms with Gasteiger partial charge in [0.15, 0.2) is 11.6 Å². The summed E-state index contributed by atoms with van der Waals surface area (Å²) in [6, 6.07) is 37.0. The molecule has 5 aliphatic rings. The average molecular weight is 752 g/mol. The summed E-state index contributed by atoms with van der Waals surface area (Å²) in [5.41, 5.74) is 12.0. The van der Waals surface area contributed by atoms with Crippen molar-refractivity contribution in [3.63, 3.8) is 0 Å². The van der Waals surface area contributed by atoms with Crippen LogP contribution in [-0.4, -0.2) is 27.7 Å². The third kappa shape index (κ3) is 6.67. The Morgan fingerprint density at radius 1 is 0.621 bits per heavy atom. The Labute approximate surface area is 341 Å². The zero-order valence-corrected chi connectivity index (χ0v) is 32.9. The molecule has 0 bridgehead atoms. The average Bonchev–Trinajstić information content (AvgIpc) is 3.64. The molecule has 4 aromatic carbocycles. The molecule has 4 atom stereocenters. The van der Waals surface area contributed by atoms with E-state index in [9.17, 15) is 0 Å². The van der Waals surface area contributed by atoms with Gasteiger partial charge in [-0.2, -0.15) is 0 Å². The maximum atomic E-state index is 5.30. The van der Waals surface area contributed by atoms with Gasteiger partial charge in [-0.1, -0.05) is 165 Å². The Kier molecular flexibility index (Phi) is 9.22. The van der Waals surface area contributed by atoms with Crippen LogP contribution in [0.1, 0.15) is 60.5 Å². The molecular weight excluding hydrogens is 707 g/mol. The number of hydrogen-bond acceptors (Lipinski definition) is 5. The molecule has 2 aliphatic heterocycles. The summed E-state index contributed by atoms with van der Waals surface area (Å²) in [6.45, 7) is 5.31. The number of nitrogens with zero attached hydrogens (tertiary/aromatic N) is 5. The second kappa shape index (κ2) is 15.0. The summed E-state index contributed by atoms with van der Waals surface area (Å²) in [6.07, 6.45) is 31.5. The third-order valence-electron chi connectivity index (χ3n) is 12.2. The van der Waals surface area contributed by atoms with Gasteiger partial charge in [-0.25, -0.2) is 15.0 Å². The summed E-state index contributed by atoms with van der Waals surface area (Å²) < 4.78 is 0. The number of dihydropyridines is 1. The number of hydrogen-bond donors (Lipinski definition) is 0. The zero-order valence-electron chi connectivity index (χ0n) is 32.9. The van der Waals surface area contributed by atoms with Crippen LogP contribution in [0.25, 0.3) is 28.3 Å². The molecule has 0 radical (unpaired) electrons. The van der Waals surface area contributed by atoms with Crippen LogP contribution >= 0.6 is 0 Å². The number of anilines is 2. The zero-order chi connectivity index (χ0) is 39.1. The first-order chi connectivity index (χ1) is 28.5. The first-order valence-electron chi connectivity index (χ1n) is 20.4. The minimum absolute atomic E-state index is 0.0629.